The molecule has 1 aliphatic rings. The second kappa shape index (κ2) is 4.64. The Bertz CT molecular complexity index is 216. The van der Waals surface area contributed by atoms with Gasteiger partial charge >= 0.3 is 0 Å². The standard InChI is InChI=1S/C9H14N2O2/c1-2-9(13)11-5-3-4-10(8-12)6-7-11/h2,8H,1,3-7H2. The number of rotatable bonds is 2. The quantitative estimate of drug-likeness (QED) is 0.440. The van der Waals surface area contributed by atoms with Crippen LogP contribution >= 0.6 is 0 Å². The molecule has 4 heteroatoms. The first-order chi connectivity index (χ1) is 6.27. The molecule has 1 fully saturated rings. The molecule has 0 unspecified atom stereocenters. The Balaban J connectivity index is 2.48. The maximum absolute atomic E-state index is 11.2. The van der Waals surface area contributed by atoms with E-state index in [1.54, 1.807) is 9.80 Å². The van der Waals surface area contributed by atoms with Crippen LogP contribution in [0.1, 0.15) is 6.42 Å². The molecule has 0 aromatic rings. The van der Waals surface area contributed by atoms with E-state index in [4.69, 9.17) is 0 Å². The van der Waals surface area contributed by atoms with E-state index in [0.717, 1.165) is 25.9 Å². The summed E-state index contributed by atoms with van der Waals surface area (Å²) in [5, 5.41) is 0. The number of hydrogen-bond acceptors (Lipinski definition) is 2. The van der Waals surface area contributed by atoms with Crippen molar-refractivity contribution in [2.45, 2.75) is 6.42 Å². The number of nitrogens with zero attached hydrogens (tertiary/aromatic N) is 2. The highest BCUT2D eigenvalue weighted by molar-refractivity contribution is 5.87. The van der Waals surface area contributed by atoms with Crippen molar-refractivity contribution < 1.29 is 9.59 Å². The van der Waals surface area contributed by atoms with Crippen molar-refractivity contribution in [3.8, 4) is 0 Å². The lowest BCUT2D eigenvalue weighted by Crippen LogP contribution is -2.33. The summed E-state index contributed by atoms with van der Waals surface area (Å²) in [6.45, 7) is 6.13. The molecule has 0 saturated carbocycles. The summed E-state index contributed by atoms with van der Waals surface area (Å²) in [7, 11) is 0. The summed E-state index contributed by atoms with van der Waals surface area (Å²) < 4.78 is 0. The second-order valence-electron chi connectivity index (χ2n) is 3.02. The molecule has 0 spiro atoms. The van der Waals surface area contributed by atoms with Gasteiger partial charge in [0.05, 0.1) is 0 Å². The average molecular weight is 182 g/mol. The van der Waals surface area contributed by atoms with Gasteiger partial charge in [-0.3, -0.25) is 9.59 Å². The van der Waals surface area contributed by atoms with Crippen LogP contribution in [0.2, 0.25) is 0 Å². The number of carbonyl (C=O) groups is 2. The fraction of sp³-hybridized carbons (Fsp3) is 0.556. The Morgan fingerprint density at radius 2 is 2.00 bits per heavy atom. The summed E-state index contributed by atoms with van der Waals surface area (Å²) in [5.41, 5.74) is 0. The van der Waals surface area contributed by atoms with E-state index in [1.807, 2.05) is 0 Å². The molecule has 1 rings (SSSR count). The molecule has 4 nitrogen and oxygen atoms in total. The lowest BCUT2D eigenvalue weighted by molar-refractivity contribution is -0.126. The van der Waals surface area contributed by atoms with Gasteiger partial charge in [-0.1, -0.05) is 6.58 Å². The Hall–Kier alpha value is -1.32. The van der Waals surface area contributed by atoms with Gasteiger partial charge in [0.2, 0.25) is 12.3 Å². The molecule has 72 valence electrons. The third kappa shape index (κ3) is 2.57. The van der Waals surface area contributed by atoms with E-state index in [2.05, 4.69) is 6.58 Å². The van der Waals surface area contributed by atoms with E-state index in [0.29, 0.717) is 13.1 Å². The van der Waals surface area contributed by atoms with Crippen LogP contribution < -0.4 is 0 Å². The third-order valence-electron chi connectivity index (χ3n) is 2.17. The van der Waals surface area contributed by atoms with Crippen molar-refractivity contribution in [1.29, 1.82) is 0 Å². The molecule has 0 N–H and O–H groups in total. The topological polar surface area (TPSA) is 40.6 Å². The minimum Gasteiger partial charge on any atom is -0.343 e. The van der Waals surface area contributed by atoms with Gasteiger partial charge in [-0.25, -0.2) is 0 Å². The van der Waals surface area contributed by atoms with Crippen LogP contribution in [0.15, 0.2) is 12.7 Å². The maximum Gasteiger partial charge on any atom is 0.246 e. The van der Waals surface area contributed by atoms with Gasteiger partial charge in [0.1, 0.15) is 0 Å². The largest absolute Gasteiger partial charge is 0.343 e. The monoisotopic (exact) mass is 182 g/mol. The lowest BCUT2D eigenvalue weighted by atomic mass is 10.4. The van der Waals surface area contributed by atoms with Gasteiger partial charge in [0.15, 0.2) is 0 Å². The fourth-order valence-electron chi connectivity index (χ4n) is 1.39. The van der Waals surface area contributed by atoms with E-state index in [1.165, 1.54) is 6.08 Å². The molecule has 0 aliphatic carbocycles. The minimum absolute atomic E-state index is 0.0484. The van der Waals surface area contributed by atoms with Gasteiger partial charge in [-0.05, 0) is 12.5 Å². The highest BCUT2D eigenvalue weighted by atomic mass is 16.2. The van der Waals surface area contributed by atoms with Gasteiger partial charge in [-0.15, -0.1) is 0 Å². The van der Waals surface area contributed by atoms with Crippen LogP contribution in [-0.2, 0) is 9.59 Å². The number of carbonyl (C=O) groups excluding carboxylic acids is 2. The molecule has 2 amide bonds. The van der Waals surface area contributed by atoms with Crippen molar-refractivity contribution in [2.75, 3.05) is 26.2 Å². The van der Waals surface area contributed by atoms with Crippen LogP contribution in [0.3, 0.4) is 0 Å². The second-order valence-corrected chi connectivity index (χ2v) is 3.02. The van der Waals surface area contributed by atoms with Crippen LogP contribution in [0.25, 0.3) is 0 Å². The van der Waals surface area contributed by atoms with Crippen molar-refractivity contribution in [2.24, 2.45) is 0 Å². The van der Waals surface area contributed by atoms with Crippen molar-refractivity contribution in [1.82, 2.24) is 9.80 Å². The average Bonchev–Trinajstić information content (AvgIpc) is 2.41. The zero-order valence-electron chi connectivity index (χ0n) is 7.61. The summed E-state index contributed by atoms with van der Waals surface area (Å²) >= 11 is 0. The smallest absolute Gasteiger partial charge is 0.246 e. The van der Waals surface area contributed by atoms with Crippen LogP contribution in [-0.4, -0.2) is 48.3 Å². The van der Waals surface area contributed by atoms with Gasteiger partial charge in [-0.2, -0.15) is 0 Å². The Morgan fingerprint density at radius 1 is 1.23 bits per heavy atom. The van der Waals surface area contributed by atoms with Gasteiger partial charge < -0.3 is 9.80 Å². The molecule has 0 atom stereocenters. The number of amides is 2. The molecular weight excluding hydrogens is 168 g/mol. The molecule has 0 bridgehead atoms. The summed E-state index contributed by atoms with van der Waals surface area (Å²) in [6.07, 6.45) is 3.00. The van der Waals surface area contributed by atoms with Crippen molar-refractivity contribution in [3.05, 3.63) is 12.7 Å². The molecule has 0 aromatic heterocycles. The fourth-order valence-corrected chi connectivity index (χ4v) is 1.39. The van der Waals surface area contributed by atoms with Crippen LogP contribution in [0.5, 0.6) is 0 Å². The zero-order chi connectivity index (χ0) is 9.68. The molecule has 1 aliphatic heterocycles. The maximum atomic E-state index is 11.2. The van der Waals surface area contributed by atoms with E-state index < -0.39 is 0 Å². The third-order valence-corrected chi connectivity index (χ3v) is 2.17. The van der Waals surface area contributed by atoms with Crippen molar-refractivity contribution >= 4 is 12.3 Å². The van der Waals surface area contributed by atoms with Gasteiger partial charge in [0, 0.05) is 26.2 Å². The van der Waals surface area contributed by atoms with Gasteiger partial charge in [0.25, 0.3) is 0 Å². The normalized spacial score (nSPS) is 17.8. The molecular formula is C9H14N2O2. The molecule has 0 aromatic carbocycles. The predicted molar refractivity (Wildman–Crippen MR) is 49.0 cm³/mol. The summed E-state index contributed by atoms with van der Waals surface area (Å²) in [4.78, 5) is 25.1. The predicted octanol–water partition coefficient (Wildman–Crippen LogP) is -0.137. The molecule has 0 radical (unpaired) electrons. The summed E-state index contributed by atoms with van der Waals surface area (Å²) in [6, 6.07) is 0. The first-order valence-corrected chi connectivity index (χ1v) is 4.38. The zero-order valence-corrected chi connectivity index (χ0v) is 7.61. The van der Waals surface area contributed by atoms with E-state index in [-0.39, 0.29) is 5.91 Å². The molecule has 1 heterocycles. The first kappa shape index (κ1) is 9.77. The Morgan fingerprint density at radius 3 is 2.62 bits per heavy atom. The highest BCUT2D eigenvalue weighted by Gasteiger charge is 2.15. The first-order valence-electron chi connectivity index (χ1n) is 4.38. The highest BCUT2D eigenvalue weighted by Crippen LogP contribution is 2.01. The van der Waals surface area contributed by atoms with E-state index >= 15 is 0 Å². The molecule has 1 saturated heterocycles. The Kier molecular flexibility index (Phi) is 3.49. The minimum atomic E-state index is -0.0484. The number of hydrogen-bond donors (Lipinski definition) is 0. The SMILES string of the molecule is C=CC(=O)N1CCCN(C=O)CC1. The molecule has 13 heavy (non-hydrogen) atoms. The Labute approximate surface area is 77.8 Å². The van der Waals surface area contributed by atoms with E-state index in [9.17, 15) is 9.59 Å². The lowest BCUT2D eigenvalue weighted by Gasteiger charge is -2.18. The summed E-state index contributed by atoms with van der Waals surface area (Å²) in [5.74, 6) is -0.0484. The van der Waals surface area contributed by atoms with Crippen LogP contribution in [0.4, 0.5) is 0 Å². The van der Waals surface area contributed by atoms with Crippen LogP contribution in [0, 0.1) is 0 Å². The van der Waals surface area contributed by atoms with Crippen molar-refractivity contribution in [3.63, 3.8) is 0 Å².